The Balaban J connectivity index is 2.24. The van der Waals surface area contributed by atoms with Gasteiger partial charge in [-0.05, 0) is 37.3 Å². The van der Waals surface area contributed by atoms with Crippen LogP contribution in [-0.4, -0.2) is 27.2 Å². The fourth-order valence-corrected chi connectivity index (χ4v) is 2.67. The molecule has 0 bridgehead atoms. The Morgan fingerprint density at radius 2 is 2.26 bits per heavy atom. The third-order valence-corrected chi connectivity index (χ3v) is 3.51. The number of rotatable bonds is 3. The molecule has 19 heavy (non-hydrogen) atoms. The van der Waals surface area contributed by atoms with Crippen molar-refractivity contribution in [2.24, 2.45) is 0 Å². The van der Waals surface area contributed by atoms with Gasteiger partial charge in [-0.3, -0.25) is 0 Å². The summed E-state index contributed by atoms with van der Waals surface area (Å²) in [5.41, 5.74) is 2.03. The first-order valence-corrected chi connectivity index (χ1v) is 6.78. The molecule has 2 aromatic rings. The molecule has 1 aliphatic carbocycles. The van der Waals surface area contributed by atoms with Crippen molar-refractivity contribution in [3.8, 4) is 0 Å². The van der Waals surface area contributed by atoms with Crippen LogP contribution in [0.3, 0.4) is 0 Å². The second kappa shape index (κ2) is 4.65. The lowest BCUT2D eigenvalue weighted by molar-refractivity contribution is 0.0525. The van der Waals surface area contributed by atoms with Crippen LogP contribution in [0.4, 0.5) is 0 Å². The fraction of sp³-hybridized carbons (Fsp3) is 0.417. The van der Waals surface area contributed by atoms with Gasteiger partial charge >= 0.3 is 5.97 Å². The van der Waals surface area contributed by atoms with E-state index in [0.29, 0.717) is 23.6 Å². The summed E-state index contributed by atoms with van der Waals surface area (Å²) in [6, 6.07) is 0. The van der Waals surface area contributed by atoms with Crippen LogP contribution in [0.2, 0.25) is 10.4 Å². The molecule has 1 fully saturated rings. The molecule has 100 valence electrons. The maximum atomic E-state index is 12.0. The number of aromatic nitrogens is 3. The molecule has 0 unspecified atom stereocenters. The van der Waals surface area contributed by atoms with Crippen molar-refractivity contribution in [2.75, 3.05) is 6.61 Å². The van der Waals surface area contributed by atoms with Crippen molar-refractivity contribution in [2.45, 2.75) is 25.7 Å². The van der Waals surface area contributed by atoms with Crippen LogP contribution in [-0.2, 0) is 4.74 Å². The summed E-state index contributed by atoms with van der Waals surface area (Å²) in [6.45, 7) is 2.10. The maximum Gasteiger partial charge on any atom is 0.340 e. The lowest BCUT2D eigenvalue weighted by Gasteiger charge is -2.03. The standard InChI is InChI=1S/C12H11Cl2N3O2/c1-2-19-11(18)7-5-17-9(8(7)6-3-4-6)10(13)15-12(14)16-17/h5-6H,2-4H2,1H3. The smallest absolute Gasteiger partial charge is 0.340 e. The number of esters is 1. The number of ether oxygens (including phenoxy) is 1. The normalized spacial score (nSPS) is 14.9. The minimum atomic E-state index is -0.359. The second-order valence-electron chi connectivity index (χ2n) is 4.42. The van der Waals surface area contributed by atoms with Gasteiger partial charge in [0.1, 0.15) is 5.52 Å². The Morgan fingerprint density at radius 3 is 2.89 bits per heavy atom. The molecular formula is C12H11Cl2N3O2. The van der Waals surface area contributed by atoms with Crippen LogP contribution in [0.15, 0.2) is 6.20 Å². The molecule has 0 radical (unpaired) electrons. The molecule has 0 N–H and O–H groups in total. The topological polar surface area (TPSA) is 56.5 Å². The lowest BCUT2D eigenvalue weighted by atomic mass is 10.1. The highest BCUT2D eigenvalue weighted by molar-refractivity contribution is 6.34. The Morgan fingerprint density at radius 1 is 1.53 bits per heavy atom. The van der Waals surface area contributed by atoms with Gasteiger partial charge in [0.2, 0.25) is 5.28 Å². The van der Waals surface area contributed by atoms with Gasteiger partial charge in [0, 0.05) is 11.8 Å². The third-order valence-electron chi connectivity index (χ3n) is 3.08. The van der Waals surface area contributed by atoms with E-state index in [4.69, 9.17) is 27.9 Å². The number of nitrogens with zero attached hydrogens (tertiary/aromatic N) is 3. The molecule has 2 heterocycles. The summed E-state index contributed by atoms with van der Waals surface area (Å²) in [7, 11) is 0. The van der Waals surface area contributed by atoms with E-state index >= 15 is 0 Å². The number of fused-ring (bicyclic) bond motifs is 1. The molecule has 0 atom stereocenters. The average molecular weight is 300 g/mol. The molecule has 0 aliphatic heterocycles. The minimum absolute atomic E-state index is 0.0465. The van der Waals surface area contributed by atoms with Crippen LogP contribution >= 0.6 is 23.2 Å². The van der Waals surface area contributed by atoms with E-state index in [1.165, 1.54) is 4.52 Å². The van der Waals surface area contributed by atoms with Gasteiger partial charge in [0.25, 0.3) is 0 Å². The molecule has 2 aromatic heterocycles. The van der Waals surface area contributed by atoms with Crippen LogP contribution < -0.4 is 0 Å². The fourth-order valence-electron chi connectivity index (χ4n) is 2.19. The monoisotopic (exact) mass is 299 g/mol. The predicted molar refractivity (Wildman–Crippen MR) is 70.9 cm³/mol. The van der Waals surface area contributed by atoms with Gasteiger partial charge in [-0.15, -0.1) is 5.10 Å². The molecule has 0 aromatic carbocycles. The number of halogens is 2. The van der Waals surface area contributed by atoms with Crippen LogP contribution in [0.25, 0.3) is 5.52 Å². The summed E-state index contributed by atoms with van der Waals surface area (Å²) in [5, 5.41) is 4.36. The van der Waals surface area contributed by atoms with E-state index in [2.05, 4.69) is 10.1 Å². The quantitative estimate of drug-likeness (QED) is 0.817. The number of carbonyl (C=O) groups excluding carboxylic acids is 1. The third kappa shape index (κ3) is 2.17. The Labute approximate surface area is 119 Å². The van der Waals surface area contributed by atoms with Crippen LogP contribution in [0, 0.1) is 0 Å². The first-order valence-electron chi connectivity index (χ1n) is 6.03. The highest BCUT2D eigenvalue weighted by Gasteiger charge is 2.33. The second-order valence-corrected chi connectivity index (χ2v) is 5.11. The highest BCUT2D eigenvalue weighted by atomic mass is 35.5. The molecule has 0 spiro atoms. The lowest BCUT2D eigenvalue weighted by Crippen LogP contribution is -2.05. The number of carbonyl (C=O) groups is 1. The van der Waals surface area contributed by atoms with Crippen molar-refractivity contribution in [3.63, 3.8) is 0 Å². The van der Waals surface area contributed by atoms with E-state index < -0.39 is 0 Å². The zero-order valence-corrected chi connectivity index (χ0v) is 11.7. The molecule has 0 saturated heterocycles. The summed E-state index contributed by atoms with van der Waals surface area (Å²) in [6.07, 6.45) is 3.68. The molecule has 5 nitrogen and oxygen atoms in total. The molecular weight excluding hydrogens is 289 g/mol. The molecule has 7 heteroatoms. The van der Waals surface area contributed by atoms with Crippen LogP contribution in [0.5, 0.6) is 0 Å². The van der Waals surface area contributed by atoms with E-state index in [1.807, 2.05) is 0 Å². The van der Waals surface area contributed by atoms with Gasteiger partial charge in [0.05, 0.1) is 12.2 Å². The first kappa shape index (κ1) is 12.7. The summed E-state index contributed by atoms with van der Waals surface area (Å²) < 4.78 is 6.58. The SMILES string of the molecule is CCOC(=O)c1cn2nc(Cl)nc(Cl)c2c1C1CC1. The largest absolute Gasteiger partial charge is 0.462 e. The first-order chi connectivity index (χ1) is 9.11. The Hall–Kier alpha value is -1.33. The van der Waals surface area contributed by atoms with Gasteiger partial charge < -0.3 is 4.74 Å². The van der Waals surface area contributed by atoms with Gasteiger partial charge in [-0.25, -0.2) is 14.3 Å². The Bertz CT molecular complexity index is 665. The van der Waals surface area contributed by atoms with Gasteiger partial charge in [-0.1, -0.05) is 11.6 Å². The summed E-state index contributed by atoms with van der Waals surface area (Å²) in [5.74, 6) is -0.0335. The van der Waals surface area contributed by atoms with E-state index in [0.717, 1.165) is 18.4 Å². The average Bonchev–Trinajstić information content (AvgIpc) is 3.10. The zero-order valence-electron chi connectivity index (χ0n) is 10.2. The van der Waals surface area contributed by atoms with Crippen molar-refractivity contribution in [1.82, 2.24) is 14.6 Å². The van der Waals surface area contributed by atoms with E-state index in [1.54, 1.807) is 13.1 Å². The van der Waals surface area contributed by atoms with Gasteiger partial charge in [0.15, 0.2) is 5.15 Å². The number of hydrogen-bond donors (Lipinski definition) is 0. The summed E-state index contributed by atoms with van der Waals surface area (Å²) in [4.78, 5) is 15.9. The molecule has 1 aliphatic rings. The number of hydrogen-bond acceptors (Lipinski definition) is 4. The Kier molecular flexibility index (Phi) is 3.11. The van der Waals surface area contributed by atoms with E-state index in [9.17, 15) is 4.79 Å². The molecule has 0 amide bonds. The highest BCUT2D eigenvalue weighted by Crippen LogP contribution is 2.45. The molecule has 1 saturated carbocycles. The van der Waals surface area contributed by atoms with E-state index in [-0.39, 0.29) is 16.4 Å². The van der Waals surface area contributed by atoms with Crippen molar-refractivity contribution in [1.29, 1.82) is 0 Å². The molecule has 3 rings (SSSR count). The summed E-state index contributed by atoms with van der Waals surface area (Å²) >= 11 is 11.9. The zero-order chi connectivity index (χ0) is 13.6. The van der Waals surface area contributed by atoms with Crippen molar-refractivity contribution < 1.29 is 9.53 Å². The minimum Gasteiger partial charge on any atom is -0.462 e. The van der Waals surface area contributed by atoms with Crippen molar-refractivity contribution >= 4 is 34.7 Å². The van der Waals surface area contributed by atoms with Crippen LogP contribution in [0.1, 0.15) is 41.6 Å². The van der Waals surface area contributed by atoms with Crippen molar-refractivity contribution in [3.05, 3.63) is 27.8 Å². The maximum absolute atomic E-state index is 12.0. The van der Waals surface area contributed by atoms with Gasteiger partial charge in [-0.2, -0.15) is 0 Å². The predicted octanol–water partition coefficient (Wildman–Crippen LogP) is 3.09.